The summed E-state index contributed by atoms with van der Waals surface area (Å²) in [5.74, 6) is -42.3. The molecule has 1 amide bonds. The molecular formula is C17H12F14N2O. The first-order valence-corrected chi connectivity index (χ1v) is 8.88. The van der Waals surface area contributed by atoms with E-state index in [-0.39, 0.29) is 10.6 Å². The fourth-order valence-corrected chi connectivity index (χ4v) is 2.92. The van der Waals surface area contributed by atoms with Crippen LogP contribution in [0.3, 0.4) is 0 Å². The maximum atomic E-state index is 14.0. The first-order chi connectivity index (χ1) is 15.1. The molecule has 1 aliphatic heterocycles. The zero-order valence-corrected chi connectivity index (χ0v) is 16.2. The van der Waals surface area contributed by atoms with Crippen molar-refractivity contribution < 1.29 is 66.3 Å². The van der Waals surface area contributed by atoms with Crippen molar-refractivity contribution in [1.82, 2.24) is 4.90 Å². The zero-order chi connectivity index (χ0) is 26.5. The first-order valence-electron chi connectivity index (χ1n) is 8.88. The maximum Gasteiger partial charge on any atom is 0.460 e. The largest absolute Gasteiger partial charge is 0.460 e. The van der Waals surface area contributed by atoms with E-state index in [1.807, 2.05) is 0 Å². The average molecular weight is 526 g/mol. The normalized spacial score (nSPS) is 17.2. The SMILES string of the molecule is O=C(N1CCN(c2ccc(F)cc2)CC1)C(F)(F)C(F)(F)C(F)(F)C(F)(F)C(F)(F)C(F)(F)F. The standard InChI is InChI=1S/C17H12F14N2O/c18-9-1-3-10(4-2-9)32-5-7-33(8-6-32)11(34)12(19,20)13(21,22)14(23,24)15(25,26)16(27,28)17(29,30)31/h1-4H,5-8H2. The predicted molar refractivity (Wildman–Crippen MR) is 86.0 cm³/mol. The molecule has 1 aliphatic rings. The molecule has 0 aromatic heterocycles. The lowest BCUT2D eigenvalue weighted by Crippen LogP contribution is -2.72. The number of rotatable bonds is 6. The highest BCUT2D eigenvalue weighted by molar-refractivity contribution is 5.85. The first kappa shape index (κ1) is 27.8. The highest BCUT2D eigenvalue weighted by Crippen LogP contribution is 2.60. The summed E-state index contributed by atoms with van der Waals surface area (Å²) in [6.07, 6.45) is -7.52. The number of hydrogen-bond donors (Lipinski definition) is 0. The molecule has 1 heterocycles. The lowest BCUT2D eigenvalue weighted by Gasteiger charge is -2.41. The topological polar surface area (TPSA) is 23.6 Å². The Hall–Kier alpha value is -2.49. The summed E-state index contributed by atoms with van der Waals surface area (Å²) in [5.41, 5.74) is 0.270. The summed E-state index contributed by atoms with van der Waals surface area (Å²) >= 11 is 0. The number of carbonyl (C=O) groups is 1. The highest BCUT2D eigenvalue weighted by Gasteiger charge is 2.91. The highest BCUT2D eigenvalue weighted by atomic mass is 19.4. The Morgan fingerprint density at radius 1 is 0.618 bits per heavy atom. The van der Waals surface area contributed by atoms with Crippen LogP contribution in [0.4, 0.5) is 67.2 Å². The molecular weight excluding hydrogens is 514 g/mol. The van der Waals surface area contributed by atoms with Gasteiger partial charge in [0.05, 0.1) is 0 Å². The monoisotopic (exact) mass is 526 g/mol. The van der Waals surface area contributed by atoms with Crippen LogP contribution in [0.15, 0.2) is 24.3 Å². The minimum Gasteiger partial charge on any atom is -0.368 e. The summed E-state index contributed by atoms with van der Waals surface area (Å²) in [6.45, 7) is -2.61. The molecule has 0 radical (unpaired) electrons. The quantitative estimate of drug-likeness (QED) is 0.476. The van der Waals surface area contributed by atoms with E-state index in [9.17, 15) is 66.3 Å². The van der Waals surface area contributed by atoms with Gasteiger partial charge in [-0.3, -0.25) is 4.79 Å². The molecule has 2 rings (SSSR count). The van der Waals surface area contributed by atoms with Crippen molar-refractivity contribution >= 4 is 11.6 Å². The third-order valence-electron chi connectivity index (χ3n) is 4.96. The molecule has 3 nitrogen and oxygen atoms in total. The van der Waals surface area contributed by atoms with Gasteiger partial charge in [-0.05, 0) is 24.3 Å². The molecule has 1 aromatic rings. The molecule has 17 heteroatoms. The summed E-state index contributed by atoms with van der Waals surface area (Å²) in [4.78, 5) is 12.9. The minimum absolute atomic E-state index is 0.177. The Bertz CT molecular complexity index is 888. The molecule has 0 aliphatic carbocycles. The Morgan fingerprint density at radius 3 is 1.44 bits per heavy atom. The van der Waals surface area contributed by atoms with Crippen LogP contribution in [0.5, 0.6) is 0 Å². The Balaban J connectivity index is 2.27. The van der Waals surface area contributed by atoms with Crippen molar-refractivity contribution in [1.29, 1.82) is 0 Å². The van der Waals surface area contributed by atoms with Gasteiger partial charge in [0, 0.05) is 31.9 Å². The summed E-state index contributed by atoms with van der Waals surface area (Å²) in [7, 11) is 0. The number of amides is 1. The van der Waals surface area contributed by atoms with E-state index in [1.165, 1.54) is 17.0 Å². The number of alkyl halides is 13. The van der Waals surface area contributed by atoms with Crippen molar-refractivity contribution in [2.45, 2.75) is 35.8 Å². The van der Waals surface area contributed by atoms with Crippen LogP contribution in [0.25, 0.3) is 0 Å². The van der Waals surface area contributed by atoms with Gasteiger partial charge in [0.1, 0.15) is 5.82 Å². The molecule has 0 atom stereocenters. The van der Waals surface area contributed by atoms with Crippen LogP contribution in [0, 0.1) is 5.82 Å². The summed E-state index contributed by atoms with van der Waals surface area (Å²) < 4.78 is 184. The summed E-state index contributed by atoms with van der Waals surface area (Å²) in [5, 5.41) is 0. The number of anilines is 1. The van der Waals surface area contributed by atoms with E-state index in [0.717, 1.165) is 12.1 Å². The molecule has 1 saturated heterocycles. The molecule has 0 saturated carbocycles. The van der Waals surface area contributed by atoms with Gasteiger partial charge >= 0.3 is 35.8 Å². The number of carbonyl (C=O) groups excluding carboxylic acids is 1. The minimum atomic E-state index is -8.06. The number of halogens is 14. The third kappa shape index (κ3) is 4.10. The Morgan fingerprint density at radius 2 is 1.03 bits per heavy atom. The number of nitrogens with zero attached hydrogens (tertiary/aromatic N) is 2. The van der Waals surface area contributed by atoms with E-state index in [2.05, 4.69) is 0 Å². The second kappa shape index (κ2) is 8.32. The van der Waals surface area contributed by atoms with E-state index in [0.29, 0.717) is 0 Å². The second-order valence-corrected chi connectivity index (χ2v) is 7.13. The zero-order valence-electron chi connectivity index (χ0n) is 16.2. The van der Waals surface area contributed by atoms with Crippen LogP contribution in [0.1, 0.15) is 0 Å². The molecule has 0 bridgehead atoms. The van der Waals surface area contributed by atoms with Gasteiger partial charge in [-0.15, -0.1) is 0 Å². The van der Waals surface area contributed by atoms with Gasteiger partial charge < -0.3 is 9.80 Å². The number of piperazine rings is 1. The predicted octanol–water partition coefficient (Wildman–Crippen LogP) is 5.21. The molecule has 1 aromatic carbocycles. The Labute approximate surface area is 180 Å². The molecule has 1 fully saturated rings. The van der Waals surface area contributed by atoms with Crippen molar-refractivity contribution in [2.24, 2.45) is 0 Å². The van der Waals surface area contributed by atoms with E-state index < -0.39 is 73.7 Å². The van der Waals surface area contributed by atoms with Gasteiger partial charge in [-0.1, -0.05) is 0 Å². The lowest BCUT2D eigenvalue weighted by molar-refractivity contribution is -0.436. The summed E-state index contributed by atoms with van der Waals surface area (Å²) in [6, 6.07) is 4.39. The molecule has 194 valence electrons. The number of hydrogen-bond acceptors (Lipinski definition) is 2. The fourth-order valence-electron chi connectivity index (χ4n) is 2.92. The number of benzene rings is 1. The third-order valence-corrected chi connectivity index (χ3v) is 4.96. The van der Waals surface area contributed by atoms with Crippen molar-refractivity contribution in [3.63, 3.8) is 0 Å². The molecule has 0 spiro atoms. The Kier molecular flexibility index (Phi) is 6.79. The second-order valence-electron chi connectivity index (χ2n) is 7.13. The average Bonchev–Trinajstić information content (AvgIpc) is 2.72. The van der Waals surface area contributed by atoms with Gasteiger partial charge in [-0.2, -0.15) is 57.1 Å². The van der Waals surface area contributed by atoms with Gasteiger partial charge in [0.25, 0.3) is 5.91 Å². The van der Waals surface area contributed by atoms with E-state index in [1.54, 1.807) is 0 Å². The fraction of sp³-hybridized carbons (Fsp3) is 0.588. The van der Waals surface area contributed by atoms with Crippen LogP contribution >= 0.6 is 0 Å². The van der Waals surface area contributed by atoms with Gasteiger partial charge in [-0.25, -0.2) is 4.39 Å². The van der Waals surface area contributed by atoms with E-state index >= 15 is 0 Å². The maximum absolute atomic E-state index is 14.0. The molecule has 0 N–H and O–H groups in total. The van der Waals surface area contributed by atoms with E-state index in [4.69, 9.17) is 0 Å². The van der Waals surface area contributed by atoms with Crippen molar-refractivity contribution in [2.75, 3.05) is 31.1 Å². The molecule has 34 heavy (non-hydrogen) atoms. The van der Waals surface area contributed by atoms with Crippen LogP contribution in [0.2, 0.25) is 0 Å². The van der Waals surface area contributed by atoms with Gasteiger partial charge in [0.2, 0.25) is 0 Å². The van der Waals surface area contributed by atoms with Crippen LogP contribution in [-0.2, 0) is 4.79 Å². The molecule has 0 unspecified atom stereocenters. The smallest absolute Gasteiger partial charge is 0.368 e. The van der Waals surface area contributed by atoms with Crippen molar-refractivity contribution in [3.05, 3.63) is 30.1 Å². The van der Waals surface area contributed by atoms with Crippen LogP contribution < -0.4 is 4.90 Å². The van der Waals surface area contributed by atoms with Gasteiger partial charge in [0.15, 0.2) is 0 Å². The lowest BCUT2D eigenvalue weighted by atomic mass is 9.93. The van der Waals surface area contributed by atoms with Crippen LogP contribution in [-0.4, -0.2) is 72.8 Å². The van der Waals surface area contributed by atoms with Crippen molar-refractivity contribution in [3.8, 4) is 0 Å².